The van der Waals surface area contributed by atoms with Crippen molar-refractivity contribution in [2.24, 2.45) is 0 Å². The number of hydrogen-bond acceptors (Lipinski definition) is 3. The van der Waals surface area contributed by atoms with Crippen LogP contribution in [-0.2, 0) is 6.54 Å². The molecular formula is C20H13F2N5O. The number of anilines is 1. The van der Waals surface area contributed by atoms with Gasteiger partial charge in [0.1, 0.15) is 23.9 Å². The summed E-state index contributed by atoms with van der Waals surface area (Å²) in [5.41, 5.74) is 1.70. The third kappa shape index (κ3) is 3.21. The average Bonchev–Trinajstić information content (AvgIpc) is 3.26. The zero-order chi connectivity index (χ0) is 19.7. The van der Waals surface area contributed by atoms with Crippen LogP contribution in [0.2, 0.25) is 0 Å². The summed E-state index contributed by atoms with van der Waals surface area (Å²) < 4.78 is 28.4. The van der Waals surface area contributed by atoms with Gasteiger partial charge in [0.25, 0.3) is 5.91 Å². The molecule has 4 aromatic rings. The number of H-pyrrole nitrogens is 1. The fourth-order valence-electron chi connectivity index (χ4n) is 3.06. The Hall–Kier alpha value is -3.99. The molecular weight excluding hydrogens is 364 g/mol. The second-order valence-corrected chi connectivity index (χ2v) is 6.11. The largest absolute Gasteiger partial charge is 0.322 e. The number of nitrogens with zero attached hydrogens (tertiary/aromatic N) is 3. The van der Waals surface area contributed by atoms with Crippen molar-refractivity contribution in [3.63, 3.8) is 0 Å². The molecule has 8 heteroatoms. The molecule has 0 bridgehead atoms. The van der Waals surface area contributed by atoms with Gasteiger partial charge in [-0.15, -0.1) is 0 Å². The molecule has 0 unspecified atom stereocenters. The fourth-order valence-corrected chi connectivity index (χ4v) is 3.06. The predicted octanol–water partition coefficient (Wildman–Crippen LogP) is 4.09. The highest BCUT2D eigenvalue weighted by atomic mass is 19.1. The highest BCUT2D eigenvalue weighted by molar-refractivity contribution is 6.06. The van der Waals surface area contributed by atoms with E-state index in [1.807, 2.05) is 30.3 Å². The molecule has 2 aromatic heterocycles. The van der Waals surface area contributed by atoms with Crippen LogP contribution in [0.25, 0.3) is 22.2 Å². The molecule has 0 spiro atoms. The first-order chi connectivity index (χ1) is 13.5. The Bertz CT molecular complexity index is 1210. The van der Waals surface area contributed by atoms with Gasteiger partial charge < -0.3 is 9.88 Å². The number of carbonyl (C=O) groups is 1. The summed E-state index contributed by atoms with van der Waals surface area (Å²) in [5, 5.41) is 19.2. The van der Waals surface area contributed by atoms with E-state index in [0.29, 0.717) is 11.4 Å². The number of hydrogen-bond donors (Lipinski definition) is 2. The molecule has 0 aliphatic rings. The van der Waals surface area contributed by atoms with E-state index in [4.69, 9.17) is 5.26 Å². The Morgan fingerprint density at radius 3 is 2.64 bits per heavy atom. The highest BCUT2D eigenvalue weighted by Crippen LogP contribution is 2.24. The molecule has 0 radical (unpaired) electrons. The second kappa shape index (κ2) is 6.96. The molecule has 1 amide bonds. The molecule has 0 saturated carbocycles. The normalized spacial score (nSPS) is 10.8. The Balaban J connectivity index is 1.63. The third-order valence-electron chi connectivity index (χ3n) is 4.27. The Labute approximate surface area is 158 Å². The van der Waals surface area contributed by atoms with E-state index in [9.17, 15) is 13.6 Å². The van der Waals surface area contributed by atoms with Gasteiger partial charge in [-0.25, -0.2) is 8.78 Å². The maximum absolute atomic E-state index is 13.4. The molecule has 0 aliphatic heterocycles. The first-order valence-electron chi connectivity index (χ1n) is 8.33. The van der Waals surface area contributed by atoms with Gasteiger partial charge in [-0.3, -0.25) is 9.89 Å². The molecule has 0 aliphatic carbocycles. The highest BCUT2D eigenvalue weighted by Gasteiger charge is 2.17. The number of benzene rings is 2. The first kappa shape index (κ1) is 17.4. The molecule has 6 nitrogen and oxygen atoms in total. The summed E-state index contributed by atoms with van der Waals surface area (Å²) >= 11 is 0. The van der Waals surface area contributed by atoms with Crippen molar-refractivity contribution >= 4 is 22.6 Å². The van der Waals surface area contributed by atoms with Crippen molar-refractivity contribution in [3.8, 4) is 17.3 Å². The molecule has 0 fully saturated rings. The maximum atomic E-state index is 13.4. The van der Waals surface area contributed by atoms with Crippen LogP contribution in [0.4, 0.5) is 14.6 Å². The monoisotopic (exact) mass is 377 g/mol. The molecule has 2 N–H and O–H groups in total. The minimum atomic E-state index is -0.712. The third-order valence-corrected chi connectivity index (χ3v) is 4.27. The van der Waals surface area contributed by atoms with Crippen LogP contribution >= 0.6 is 0 Å². The number of rotatable bonds is 4. The number of aromatic amines is 1. The number of nitrogens with one attached hydrogen (secondary N) is 2. The van der Waals surface area contributed by atoms with E-state index >= 15 is 0 Å². The lowest BCUT2D eigenvalue weighted by molar-refractivity contribution is 0.101. The van der Waals surface area contributed by atoms with Crippen molar-refractivity contribution in [2.45, 2.75) is 6.54 Å². The van der Waals surface area contributed by atoms with Gasteiger partial charge in [0.15, 0.2) is 5.82 Å². The quantitative estimate of drug-likeness (QED) is 0.562. The number of fused-ring (bicyclic) bond motifs is 1. The fraction of sp³-hybridized carbons (Fsp3) is 0.0500. The van der Waals surface area contributed by atoms with Crippen molar-refractivity contribution in [1.29, 1.82) is 5.26 Å². The van der Waals surface area contributed by atoms with Crippen LogP contribution in [0, 0.1) is 23.0 Å². The van der Waals surface area contributed by atoms with Gasteiger partial charge in [-0.1, -0.05) is 18.2 Å². The minimum absolute atomic E-state index is 0.0185. The number of nitriles is 1. The summed E-state index contributed by atoms with van der Waals surface area (Å²) in [7, 11) is 0. The Kier molecular flexibility index (Phi) is 4.33. The van der Waals surface area contributed by atoms with Gasteiger partial charge in [0.2, 0.25) is 0 Å². The van der Waals surface area contributed by atoms with E-state index in [1.165, 1.54) is 6.07 Å². The molecule has 0 saturated heterocycles. The zero-order valence-electron chi connectivity index (χ0n) is 14.4. The summed E-state index contributed by atoms with van der Waals surface area (Å²) in [6.45, 7) is 0.0185. The van der Waals surface area contributed by atoms with Crippen LogP contribution in [0.15, 0.2) is 54.6 Å². The zero-order valence-corrected chi connectivity index (χ0v) is 14.4. The van der Waals surface area contributed by atoms with Crippen LogP contribution < -0.4 is 5.32 Å². The number of para-hydroxylation sites is 1. The minimum Gasteiger partial charge on any atom is -0.322 e. The number of aromatic nitrogens is 3. The second-order valence-electron chi connectivity index (χ2n) is 6.11. The Morgan fingerprint density at radius 2 is 1.89 bits per heavy atom. The average molecular weight is 377 g/mol. The van der Waals surface area contributed by atoms with Crippen molar-refractivity contribution in [2.75, 3.05) is 5.32 Å². The number of halogens is 2. The van der Waals surface area contributed by atoms with E-state index in [0.717, 1.165) is 29.1 Å². The summed E-state index contributed by atoms with van der Waals surface area (Å²) in [6.07, 6.45) is 0. The lowest BCUT2D eigenvalue weighted by Gasteiger charge is -2.06. The van der Waals surface area contributed by atoms with Crippen molar-refractivity contribution < 1.29 is 13.6 Å². The van der Waals surface area contributed by atoms with Crippen LogP contribution in [0.3, 0.4) is 0 Å². The van der Waals surface area contributed by atoms with Gasteiger partial charge in [-0.05, 0) is 24.3 Å². The Morgan fingerprint density at radius 1 is 1.14 bits per heavy atom. The molecule has 4 rings (SSSR count). The van der Waals surface area contributed by atoms with Crippen molar-refractivity contribution in [1.82, 2.24) is 14.8 Å². The molecule has 2 heterocycles. The molecule has 138 valence electrons. The first-order valence-corrected chi connectivity index (χ1v) is 8.33. The summed E-state index contributed by atoms with van der Waals surface area (Å²) in [4.78, 5) is 12.7. The van der Waals surface area contributed by atoms with Gasteiger partial charge in [0, 0.05) is 28.6 Å². The molecule has 2 aromatic carbocycles. The van der Waals surface area contributed by atoms with Gasteiger partial charge >= 0.3 is 0 Å². The number of amides is 1. The van der Waals surface area contributed by atoms with E-state index < -0.39 is 17.5 Å². The topological polar surface area (TPSA) is 86.5 Å². The molecule has 0 atom stereocenters. The standard InChI is InChI=1S/C20H13F2N5O/c21-14-7-13(8-15(22)10-14)16-11-19(26-25-16)24-20(28)18-9-12-3-1-2-4-17(12)27(18)6-5-23/h1-4,7-11H,6H2,(H2,24,25,26,28). The van der Waals surface area contributed by atoms with Crippen LogP contribution in [-0.4, -0.2) is 20.7 Å². The maximum Gasteiger partial charge on any atom is 0.273 e. The van der Waals surface area contributed by atoms with E-state index in [2.05, 4.69) is 15.5 Å². The molecule has 28 heavy (non-hydrogen) atoms. The van der Waals surface area contributed by atoms with Gasteiger partial charge in [-0.2, -0.15) is 10.4 Å². The van der Waals surface area contributed by atoms with E-state index in [-0.39, 0.29) is 17.9 Å². The number of carbonyl (C=O) groups excluding carboxylic acids is 1. The van der Waals surface area contributed by atoms with Crippen molar-refractivity contribution in [3.05, 3.63) is 71.9 Å². The summed E-state index contributed by atoms with van der Waals surface area (Å²) in [6, 6.07) is 15.7. The predicted molar refractivity (Wildman–Crippen MR) is 99.4 cm³/mol. The summed E-state index contributed by atoms with van der Waals surface area (Å²) in [5.74, 6) is -1.68. The van der Waals surface area contributed by atoms with E-state index in [1.54, 1.807) is 10.6 Å². The lowest BCUT2D eigenvalue weighted by atomic mass is 10.1. The van der Waals surface area contributed by atoms with Crippen LogP contribution in [0.5, 0.6) is 0 Å². The van der Waals surface area contributed by atoms with Crippen LogP contribution in [0.1, 0.15) is 10.5 Å². The SMILES string of the molecule is N#CCn1c(C(=O)Nc2cc(-c3cc(F)cc(F)c3)[nH]n2)cc2ccccc21. The smallest absolute Gasteiger partial charge is 0.273 e. The van der Waals surface area contributed by atoms with Gasteiger partial charge in [0.05, 0.1) is 11.8 Å². The lowest BCUT2D eigenvalue weighted by Crippen LogP contribution is -2.17.